The number of carbonyl (C=O) groups is 1. The van der Waals surface area contributed by atoms with Crippen LogP contribution in [0.25, 0.3) is 0 Å². The SMILES string of the molecule is CC(C)CCC(=O)C1SCCSC1C. The summed E-state index contributed by atoms with van der Waals surface area (Å²) in [6.45, 7) is 6.55. The van der Waals surface area contributed by atoms with Gasteiger partial charge >= 0.3 is 0 Å². The molecule has 0 saturated carbocycles. The fraction of sp³-hybridized carbons (Fsp3) is 0.909. The normalized spacial score (nSPS) is 28.0. The first-order valence-electron chi connectivity index (χ1n) is 5.37. The van der Waals surface area contributed by atoms with E-state index >= 15 is 0 Å². The molecule has 0 radical (unpaired) electrons. The fourth-order valence-corrected chi connectivity index (χ4v) is 4.33. The molecule has 2 atom stereocenters. The van der Waals surface area contributed by atoms with Gasteiger partial charge in [-0.1, -0.05) is 20.8 Å². The molecule has 82 valence electrons. The molecule has 0 bridgehead atoms. The van der Waals surface area contributed by atoms with Gasteiger partial charge in [0.25, 0.3) is 0 Å². The molecule has 0 aromatic rings. The Hall–Kier alpha value is 0.370. The number of hydrogen-bond donors (Lipinski definition) is 0. The zero-order chi connectivity index (χ0) is 10.6. The second kappa shape index (κ2) is 6.06. The molecule has 1 heterocycles. The average molecular weight is 232 g/mol. The Morgan fingerprint density at radius 2 is 2.00 bits per heavy atom. The number of thioether (sulfide) groups is 2. The Morgan fingerprint density at radius 3 is 2.57 bits per heavy atom. The molecule has 1 saturated heterocycles. The highest BCUT2D eigenvalue weighted by Crippen LogP contribution is 2.32. The van der Waals surface area contributed by atoms with E-state index in [-0.39, 0.29) is 5.25 Å². The number of carbonyl (C=O) groups excluding carboxylic acids is 1. The molecule has 0 N–H and O–H groups in total. The van der Waals surface area contributed by atoms with Crippen molar-refractivity contribution in [3.05, 3.63) is 0 Å². The number of ketones is 1. The third kappa shape index (κ3) is 3.85. The topological polar surface area (TPSA) is 17.1 Å². The minimum Gasteiger partial charge on any atom is -0.298 e. The van der Waals surface area contributed by atoms with Crippen LogP contribution in [0.15, 0.2) is 0 Å². The third-order valence-corrected chi connectivity index (χ3v) is 5.61. The second-order valence-corrected chi connectivity index (χ2v) is 7.00. The first-order valence-corrected chi connectivity index (χ1v) is 7.47. The first-order chi connectivity index (χ1) is 6.61. The van der Waals surface area contributed by atoms with Gasteiger partial charge in [0, 0.05) is 23.2 Å². The van der Waals surface area contributed by atoms with E-state index in [0.29, 0.717) is 17.0 Å². The summed E-state index contributed by atoms with van der Waals surface area (Å²) in [6, 6.07) is 0. The van der Waals surface area contributed by atoms with E-state index in [9.17, 15) is 4.79 Å². The molecule has 1 fully saturated rings. The predicted molar refractivity (Wildman–Crippen MR) is 67.2 cm³/mol. The second-order valence-electron chi connectivity index (χ2n) is 4.27. The summed E-state index contributed by atoms with van der Waals surface area (Å²) < 4.78 is 0. The number of Topliss-reactive ketones (excluding diaryl/α,β-unsaturated/α-hetero) is 1. The summed E-state index contributed by atoms with van der Waals surface area (Å²) in [5.41, 5.74) is 0. The minimum atomic E-state index is 0.271. The smallest absolute Gasteiger partial charge is 0.146 e. The minimum absolute atomic E-state index is 0.271. The zero-order valence-corrected chi connectivity index (χ0v) is 10.9. The molecule has 1 aliphatic heterocycles. The van der Waals surface area contributed by atoms with Gasteiger partial charge in [0.2, 0.25) is 0 Å². The molecule has 3 heteroatoms. The average Bonchev–Trinajstić information content (AvgIpc) is 2.15. The molecule has 2 unspecified atom stereocenters. The zero-order valence-electron chi connectivity index (χ0n) is 9.29. The van der Waals surface area contributed by atoms with E-state index < -0.39 is 0 Å². The van der Waals surface area contributed by atoms with Crippen LogP contribution in [0.2, 0.25) is 0 Å². The third-order valence-electron chi connectivity index (χ3n) is 2.47. The van der Waals surface area contributed by atoms with E-state index in [2.05, 4.69) is 20.8 Å². The van der Waals surface area contributed by atoms with Crippen molar-refractivity contribution in [3.63, 3.8) is 0 Å². The van der Waals surface area contributed by atoms with Gasteiger partial charge in [-0.15, -0.1) is 11.8 Å². The van der Waals surface area contributed by atoms with Gasteiger partial charge in [-0.3, -0.25) is 4.79 Å². The van der Waals surface area contributed by atoms with Crippen molar-refractivity contribution in [3.8, 4) is 0 Å². The molecular formula is C11H20OS2. The van der Waals surface area contributed by atoms with E-state index in [0.717, 1.165) is 18.6 Å². The molecule has 1 aliphatic rings. The number of rotatable bonds is 4. The van der Waals surface area contributed by atoms with Crippen molar-refractivity contribution in [1.82, 2.24) is 0 Å². The summed E-state index contributed by atoms with van der Waals surface area (Å²) in [5, 5.41) is 0.793. The first kappa shape index (κ1) is 12.4. The van der Waals surface area contributed by atoms with Crippen LogP contribution in [0, 0.1) is 5.92 Å². The van der Waals surface area contributed by atoms with Crippen molar-refractivity contribution in [2.24, 2.45) is 5.92 Å². The fourth-order valence-electron chi connectivity index (χ4n) is 1.56. The molecule has 14 heavy (non-hydrogen) atoms. The lowest BCUT2D eigenvalue weighted by Crippen LogP contribution is -2.31. The quantitative estimate of drug-likeness (QED) is 0.741. The number of hydrogen-bond acceptors (Lipinski definition) is 3. The Kier molecular flexibility index (Phi) is 5.39. The lowest BCUT2D eigenvalue weighted by atomic mass is 10.0. The highest BCUT2D eigenvalue weighted by atomic mass is 32.2. The van der Waals surface area contributed by atoms with Crippen molar-refractivity contribution < 1.29 is 4.79 Å². The van der Waals surface area contributed by atoms with Crippen molar-refractivity contribution >= 4 is 29.3 Å². The largest absolute Gasteiger partial charge is 0.298 e. The highest BCUT2D eigenvalue weighted by molar-refractivity contribution is 8.07. The molecule has 0 amide bonds. The summed E-state index contributed by atoms with van der Waals surface area (Å²) in [4.78, 5) is 11.9. The van der Waals surface area contributed by atoms with Crippen LogP contribution in [-0.4, -0.2) is 27.8 Å². The van der Waals surface area contributed by atoms with Gasteiger partial charge in [-0.05, 0) is 12.3 Å². The molecule has 1 rings (SSSR count). The van der Waals surface area contributed by atoms with E-state index in [1.54, 1.807) is 0 Å². The summed E-state index contributed by atoms with van der Waals surface area (Å²) in [5.74, 6) is 3.48. The standard InChI is InChI=1S/C11H20OS2/c1-8(2)4-5-10(12)11-9(3)13-6-7-14-11/h8-9,11H,4-7H2,1-3H3. The van der Waals surface area contributed by atoms with E-state index in [1.165, 1.54) is 5.75 Å². The maximum Gasteiger partial charge on any atom is 0.146 e. The summed E-state index contributed by atoms with van der Waals surface area (Å²) in [7, 11) is 0. The maximum absolute atomic E-state index is 11.9. The predicted octanol–water partition coefficient (Wildman–Crippen LogP) is 3.23. The Morgan fingerprint density at radius 1 is 1.36 bits per heavy atom. The monoisotopic (exact) mass is 232 g/mol. The van der Waals surface area contributed by atoms with Gasteiger partial charge in [0.05, 0.1) is 5.25 Å². The van der Waals surface area contributed by atoms with Crippen LogP contribution >= 0.6 is 23.5 Å². The maximum atomic E-state index is 11.9. The van der Waals surface area contributed by atoms with Gasteiger partial charge < -0.3 is 0 Å². The van der Waals surface area contributed by atoms with Crippen LogP contribution in [0.1, 0.15) is 33.6 Å². The van der Waals surface area contributed by atoms with Crippen LogP contribution in [-0.2, 0) is 4.79 Å². The van der Waals surface area contributed by atoms with Crippen molar-refractivity contribution in [1.29, 1.82) is 0 Å². The van der Waals surface area contributed by atoms with Crippen LogP contribution in [0.4, 0.5) is 0 Å². The molecular weight excluding hydrogens is 212 g/mol. The van der Waals surface area contributed by atoms with Gasteiger partial charge in [0.1, 0.15) is 5.78 Å². The summed E-state index contributed by atoms with van der Waals surface area (Å²) in [6.07, 6.45) is 1.83. The molecule has 1 nitrogen and oxygen atoms in total. The van der Waals surface area contributed by atoms with E-state index in [4.69, 9.17) is 0 Å². The van der Waals surface area contributed by atoms with Crippen molar-refractivity contribution in [2.75, 3.05) is 11.5 Å². The van der Waals surface area contributed by atoms with Gasteiger partial charge in [0.15, 0.2) is 0 Å². The van der Waals surface area contributed by atoms with Crippen LogP contribution < -0.4 is 0 Å². The van der Waals surface area contributed by atoms with Crippen LogP contribution in [0.3, 0.4) is 0 Å². The van der Waals surface area contributed by atoms with Crippen LogP contribution in [0.5, 0.6) is 0 Å². The molecule has 0 spiro atoms. The Balaban J connectivity index is 2.34. The lowest BCUT2D eigenvalue weighted by molar-refractivity contribution is -0.118. The molecule has 0 aromatic carbocycles. The molecule has 0 aliphatic carbocycles. The van der Waals surface area contributed by atoms with Gasteiger partial charge in [-0.25, -0.2) is 0 Å². The van der Waals surface area contributed by atoms with Gasteiger partial charge in [-0.2, -0.15) is 11.8 Å². The Labute approximate surface area is 95.8 Å². The van der Waals surface area contributed by atoms with E-state index in [1.807, 2.05) is 23.5 Å². The molecule has 0 aromatic heterocycles. The highest BCUT2D eigenvalue weighted by Gasteiger charge is 2.28. The Bertz CT molecular complexity index is 192. The summed E-state index contributed by atoms with van der Waals surface area (Å²) >= 11 is 3.81. The van der Waals surface area contributed by atoms with Crippen molar-refractivity contribution in [2.45, 2.75) is 44.1 Å². The lowest BCUT2D eigenvalue weighted by Gasteiger charge is -2.26.